The second-order valence-corrected chi connectivity index (χ2v) is 2.85. The van der Waals surface area contributed by atoms with Gasteiger partial charge in [0.25, 0.3) is 0 Å². The molecule has 1 atom stereocenters. The Morgan fingerprint density at radius 3 is 2.67 bits per heavy atom. The number of ether oxygens (including phenoxy) is 3. The van der Waals surface area contributed by atoms with E-state index < -0.39 is 16.9 Å². The lowest BCUT2D eigenvalue weighted by Gasteiger charge is -2.09. The summed E-state index contributed by atoms with van der Waals surface area (Å²) in [6, 6.07) is -0.925. The number of esters is 1. The maximum absolute atomic E-state index is 10.5. The van der Waals surface area contributed by atoms with E-state index in [2.05, 4.69) is 9.47 Å². The van der Waals surface area contributed by atoms with E-state index in [1.54, 1.807) is 0 Å². The van der Waals surface area contributed by atoms with Gasteiger partial charge >= 0.3 is 5.97 Å². The molecule has 0 bridgehead atoms. The first-order valence-electron chi connectivity index (χ1n) is 4.41. The lowest BCUT2D eigenvalue weighted by Crippen LogP contribution is -2.28. The van der Waals surface area contributed by atoms with Crippen molar-refractivity contribution in [1.82, 2.24) is 0 Å². The van der Waals surface area contributed by atoms with Gasteiger partial charge in [-0.15, -0.1) is 0 Å². The predicted octanol–water partition coefficient (Wildman–Crippen LogP) is 0.205. The van der Waals surface area contributed by atoms with Crippen molar-refractivity contribution >= 4 is 5.97 Å². The summed E-state index contributed by atoms with van der Waals surface area (Å²) < 4.78 is 14.1. The van der Waals surface area contributed by atoms with E-state index in [1.807, 2.05) is 0 Å². The molecule has 0 saturated heterocycles. The SMILES string of the molecule is COCOCCC(COC(C)=O)[N+](=O)[O-]. The first kappa shape index (κ1) is 13.8. The minimum Gasteiger partial charge on any atom is -0.459 e. The lowest BCUT2D eigenvalue weighted by molar-refractivity contribution is -0.527. The molecule has 1 unspecified atom stereocenters. The Kier molecular flexibility index (Phi) is 7.47. The summed E-state index contributed by atoms with van der Waals surface area (Å²) in [4.78, 5) is 20.5. The standard InChI is InChI=1S/C8H15NO6/c1-7(10)15-5-8(9(11)12)3-4-14-6-13-2/h8H,3-6H2,1-2H3. The molecule has 0 heterocycles. The minimum atomic E-state index is -0.925. The smallest absolute Gasteiger partial charge is 0.302 e. The lowest BCUT2D eigenvalue weighted by atomic mass is 10.2. The first-order chi connectivity index (χ1) is 7.07. The fourth-order valence-corrected chi connectivity index (χ4v) is 0.825. The molecule has 88 valence electrons. The summed E-state index contributed by atoms with van der Waals surface area (Å²) in [5.41, 5.74) is 0. The molecule has 7 nitrogen and oxygen atoms in total. The Bertz CT molecular complexity index is 207. The van der Waals surface area contributed by atoms with Crippen LogP contribution in [0.15, 0.2) is 0 Å². The molecule has 7 heteroatoms. The van der Waals surface area contributed by atoms with Gasteiger partial charge in [-0.3, -0.25) is 14.9 Å². The highest BCUT2D eigenvalue weighted by Gasteiger charge is 2.21. The topological polar surface area (TPSA) is 87.9 Å². The van der Waals surface area contributed by atoms with E-state index in [-0.39, 0.29) is 26.4 Å². The number of carbonyl (C=O) groups is 1. The number of hydrogen-bond acceptors (Lipinski definition) is 6. The van der Waals surface area contributed by atoms with Crippen molar-refractivity contribution in [3.8, 4) is 0 Å². The largest absolute Gasteiger partial charge is 0.459 e. The highest BCUT2D eigenvalue weighted by atomic mass is 16.7. The van der Waals surface area contributed by atoms with E-state index in [0.29, 0.717) is 0 Å². The Labute approximate surface area is 87.4 Å². The molecule has 0 aromatic rings. The summed E-state index contributed by atoms with van der Waals surface area (Å²) in [5.74, 6) is -0.528. The maximum Gasteiger partial charge on any atom is 0.302 e. The molecular formula is C8H15NO6. The normalized spacial score (nSPS) is 12.1. The van der Waals surface area contributed by atoms with Crippen LogP contribution in [0.2, 0.25) is 0 Å². The van der Waals surface area contributed by atoms with Crippen LogP contribution in [-0.4, -0.2) is 44.1 Å². The molecule has 0 N–H and O–H groups in total. The third kappa shape index (κ3) is 7.83. The Hall–Kier alpha value is -1.21. The van der Waals surface area contributed by atoms with Gasteiger partial charge in [-0.2, -0.15) is 0 Å². The average molecular weight is 221 g/mol. The van der Waals surface area contributed by atoms with Crippen molar-refractivity contribution in [2.75, 3.05) is 27.1 Å². The molecule has 0 radical (unpaired) electrons. The fraction of sp³-hybridized carbons (Fsp3) is 0.875. The zero-order valence-electron chi connectivity index (χ0n) is 8.80. The van der Waals surface area contributed by atoms with Gasteiger partial charge in [-0.05, 0) is 0 Å². The molecule has 0 aliphatic heterocycles. The van der Waals surface area contributed by atoms with Gasteiger partial charge in [0.05, 0.1) is 6.61 Å². The average Bonchev–Trinajstić information content (AvgIpc) is 2.15. The highest BCUT2D eigenvalue weighted by molar-refractivity contribution is 5.65. The summed E-state index contributed by atoms with van der Waals surface area (Å²) in [6.07, 6.45) is 0.184. The van der Waals surface area contributed by atoms with Crippen LogP contribution in [0.5, 0.6) is 0 Å². The van der Waals surface area contributed by atoms with Gasteiger partial charge in [0.1, 0.15) is 6.79 Å². The maximum atomic E-state index is 10.5. The number of nitro groups is 1. The summed E-state index contributed by atoms with van der Waals surface area (Å²) in [5, 5.41) is 10.5. The third-order valence-corrected chi connectivity index (χ3v) is 1.57. The van der Waals surface area contributed by atoms with E-state index >= 15 is 0 Å². The molecule has 0 aliphatic rings. The second kappa shape index (κ2) is 8.13. The molecule has 0 aromatic heterocycles. The molecule has 0 spiro atoms. The predicted molar refractivity (Wildman–Crippen MR) is 49.9 cm³/mol. The summed E-state index contributed by atoms with van der Waals surface area (Å²) in [7, 11) is 1.46. The van der Waals surface area contributed by atoms with Gasteiger partial charge in [0.2, 0.25) is 6.04 Å². The molecule has 0 saturated carbocycles. The van der Waals surface area contributed by atoms with Crippen molar-refractivity contribution in [3.63, 3.8) is 0 Å². The van der Waals surface area contributed by atoms with Crippen molar-refractivity contribution in [2.24, 2.45) is 0 Å². The molecular weight excluding hydrogens is 206 g/mol. The van der Waals surface area contributed by atoms with Crippen LogP contribution in [0.1, 0.15) is 13.3 Å². The van der Waals surface area contributed by atoms with Crippen LogP contribution in [0.3, 0.4) is 0 Å². The van der Waals surface area contributed by atoms with Crippen LogP contribution in [-0.2, 0) is 19.0 Å². The van der Waals surface area contributed by atoms with Crippen LogP contribution >= 0.6 is 0 Å². The fourth-order valence-electron chi connectivity index (χ4n) is 0.825. The molecule has 0 aromatic carbocycles. The van der Waals surface area contributed by atoms with Gasteiger partial charge in [-0.1, -0.05) is 0 Å². The molecule has 0 fully saturated rings. The zero-order valence-corrected chi connectivity index (χ0v) is 8.80. The van der Waals surface area contributed by atoms with Crippen molar-refractivity contribution in [1.29, 1.82) is 0 Å². The molecule has 15 heavy (non-hydrogen) atoms. The quantitative estimate of drug-likeness (QED) is 0.191. The van der Waals surface area contributed by atoms with E-state index in [0.717, 1.165) is 0 Å². The van der Waals surface area contributed by atoms with Gasteiger partial charge in [-0.25, -0.2) is 0 Å². The van der Waals surface area contributed by atoms with E-state index in [1.165, 1.54) is 14.0 Å². The number of methoxy groups -OCH3 is 1. The number of carbonyl (C=O) groups excluding carboxylic acids is 1. The first-order valence-corrected chi connectivity index (χ1v) is 4.41. The van der Waals surface area contributed by atoms with E-state index in [4.69, 9.17) is 4.74 Å². The second-order valence-electron chi connectivity index (χ2n) is 2.85. The molecule has 0 rings (SSSR count). The van der Waals surface area contributed by atoms with Crippen LogP contribution < -0.4 is 0 Å². The van der Waals surface area contributed by atoms with E-state index in [9.17, 15) is 14.9 Å². The Balaban J connectivity index is 3.73. The number of hydrogen-bond donors (Lipinski definition) is 0. The van der Waals surface area contributed by atoms with Crippen molar-refractivity contribution in [2.45, 2.75) is 19.4 Å². The Morgan fingerprint density at radius 1 is 1.53 bits per heavy atom. The molecule has 0 amide bonds. The van der Waals surface area contributed by atoms with Gasteiger partial charge in [0, 0.05) is 25.4 Å². The number of nitrogens with zero attached hydrogens (tertiary/aromatic N) is 1. The zero-order chi connectivity index (χ0) is 11.7. The summed E-state index contributed by atoms with van der Waals surface area (Å²) in [6.45, 7) is 1.27. The summed E-state index contributed by atoms with van der Waals surface area (Å²) >= 11 is 0. The number of rotatable bonds is 8. The highest BCUT2D eigenvalue weighted by Crippen LogP contribution is 1.99. The third-order valence-electron chi connectivity index (χ3n) is 1.57. The van der Waals surface area contributed by atoms with Crippen molar-refractivity contribution in [3.05, 3.63) is 10.1 Å². The molecule has 0 aliphatic carbocycles. The van der Waals surface area contributed by atoms with Gasteiger partial charge < -0.3 is 14.2 Å². The van der Waals surface area contributed by atoms with Crippen molar-refractivity contribution < 1.29 is 23.9 Å². The van der Waals surface area contributed by atoms with Crippen LogP contribution in [0, 0.1) is 10.1 Å². The minimum absolute atomic E-state index is 0.0952. The van der Waals surface area contributed by atoms with Crippen LogP contribution in [0.25, 0.3) is 0 Å². The van der Waals surface area contributed by atoms with Gasteiger partial charge in [0.15, 0.2) is 6.61 Å². The van der Waals surface area contributed by atoms with Crippen LogP contribution in [0.4, 0.5) is 0 Å². The Morgan fingerprint density at radius 2 is 2.20 bits per heavy atom. The monoisotopic (exact) mass is 221 g/mol.